The molecule has 0 radical (unpaired) electrons. The van der Waals surface area contributed by atoms with Crippen LogP contribution in [-0.2, 0) is 4.74 Å². The molecular formula is C11H13BrO2. The lowest BCUT2D eigenvalue weighted by Crippen LogP contribution is -2.06. The fourth-order valence-corrected chi connectivity index (χ4v) is 1.48. The van der Waals surface area contributed by atoms with Gasteiger partial charge in [0, 0.05) is 4.47 Å². The molecule has 0 heterocycles. The summed E-state index contributed by atoms with van der Waals surface area (Å²) in [5.74, 6) is -0.262. The summed E-state index contributed by atoms with van der Waals surface area (Å²) < 4.78 is 5.83. The van der Waals surface area contributed by atoms with Crippen LogP contribution in [0.25, 0.3) is 0 Å². The van der Waals surface area contributed by atoms with Gasteiger partial charge in [0.15, 0.2) is 0 Å². The Morgan fingerprint density at radius 3 is 2.86 bits per heavy atom. The van der Waals surface area contributed by atoms with Crippen molar-refractivity contribution in [3.8, 4) is 0 Å². The van der Waals surface area contributed by atoms with Crippen molar-refractivity contribution in [3.05, 3.63) is 33.8 Å². The second-order valence-electron chi connectivity index (χ2n) is 3.12. The summed E-state index contributed by atoms with van der Waals surface area (Å²) in [7, 11) is 0. The van der Waals surface area contributed by atoms with Gasteiger partial charge in [0.2, 0.25) is 0 Å². The van der Waals surface area contributed by atoms with Crippen LogP contribution in [-0.4, -0.2) is 12.6 Å². The molecule has 0 spiro atoms. The molecule has 14 heavy (non-hydrogen) atoms. The van der Waals surface area contributed by atoms with E-state index in [2.05, 4.69) is 15.9 Å². The van der Waals surface area contributed by atoms with Gasteiger partial charge in [-0.15, -0.1) is 0 Å². The van der Waals surface area contributed by atoms with E-state index in [1.807, 2.05) is 32.0 Å². The molecule has 0 aliphatic rings. The van der Waals surface area contributed by atoms with Gasteiger partial charge in [0.1, 0.15) is 0 Å². The highest BCUT2D eigenvalue weighted by atomic mass is 79.9. The lowest BCUT2D eigenvalue weighted by atomic mass is 10.1. The number of halogens is 1. The maximum atomic E-state index is 11.5. The normalized spacial score (nSPS) is 9.93. The van der Waals surface area contributed by atoms with Crippen molar-refractivity contribution >= 4 is 21.9 Å². The third-order valence-electron chi connectivity index (χ3n) is 1.78. The fourth-order valence-electron chi connectivity index (χ4n) is 1.07. The minimum absolute atomic E-state index is 0.262. The highest BCUT2D eigenvalue weighted by Gasteiger charge is 2.10. The van der Waals surface area contributed by atoms with Gasteiger partial charge in [0.05, 0.1) is 12.2 Å². The van der Waals surface area contributed by atoms with Gasteiger partial charge < -0.3 is 4.74 Å². The molecular weight excluding hydrogens is 244 g/mol. The number of ether oxygens (including phenoxy) is 1. The largest absolute Gasteiger partial charge is 0.462 e. The molecule has 0 aliphatic carbocycles. The molecule has 0 aromatic heterocycles. The molecule has 1 aromatic carbocycles. The summed E-state index contributed by atoms with van der Waals surface area (Å²) in [6.07, 6.45) is 0.842. The summed E-state index contributed by atoms with van der Waals surface area (Å²) in [5, 5.41) is 0. The fraction of sp³-hybridized carbons (Fsp3) is 0.364. The van der Waals surface area contributed by atoms with Crippen LogP contribution in [0.15, 0.2) is 22.7 Å². The Hall–Kier alpha value is -0.830. The number of hydrogen-bond acceptors (Lipinski definition) is 2. The number of carbonyl (C=O) groups excluding carboxylic acids is 1. The van der Waals surface area contributed by atoms with E-state index in [0.717, 1.165) is 16.5 Å². The Bertz CT molecular complexity index is 334. The molecule has 2 nitrogen and oxygen atoms in total. The summed E-state index contributed by atoms with van der Waals surface area (Å²) in [6.45, 7) is 4.39. The zero-order valence-corrected chi connectivity index (χ0v) is 9.93. The van der Waals surface area contributed by atoms with Gasteiger partial charge in [-0.1, -0.05) is 18.6 Å². The highest BCUT2D eigenvalue weighted by Crippen LogP contribution is 2.18. The molecule has 0 aliphatic heterocycles. The van der Waals surface area contributed by atoms with E-state index in [1.165, 1.54) is 0 Å². The van der Waals surface area contributed by atoms with Crippen molar-refractivity contribution < 1.29 is 9.53 Å². The lowest BCUT2D eigenvalue weighted by Gasteiger charge is -2.05. The molecule has 0 amide bonds. The van der Waals surface area contributed by atoms with Crippen molar-refractivity contribution in [2.24, 2.45) is 0 Å². The number of aryl methyl sites for hydroxylation is 1. The summed E-state index contributed by atoms with van der Waals surface area (Å²) in [6, 6.07) is 5.63. The molecule has 0 N–H and O–H groups in total. The molecule has 0 saturated carbocycles. The Labute approximate surface area is 92.4 Å². The quantitative estimate of drug-likeness (QED) is 0.776. The minimum atomic E-state index is -0.262. The first kappa shape index (κ1) is 11.2. The van der Waals surface area contributed by atoms with Gasteiger partial charge in [-0.2, -0.15) is 0 Å². The van der Waals surface area contributed by atoms with E-state index in [-0.39, 0.29) is 5.97 Å². The zero-order valence-electron chi connectivity index (χ0n) is 8.34. The Balaban J connectivity index is 2.83. The molecule has 0 unspecified atom stereocenters. The summed E-state index contributed by atoms with van der Waals surface area (Å²) >= 11 is 3.32. The summed E-state index contributed by atoms with van der Waals surface area (Å²) in [5.41, 5.74) is 1.65. The predicted molar refractivity (Wildman–Crippen MR) is 59.5 cm³/mol. The smallest absolute Gasteiger partial charge is 0.339 e. The van der Waals surface area contributed by atoms with Crippen LogP contribution < -0.4 is 0 Å². The third kappa shape index (κ3) is 2.84. The van der Waals surface area contributed by atoms with Crippen LogP contribution in [0.1, 0.15) is 29.3 Å². The third-order valence-corrected chi connectivity index (χ3v) is 2.47. The maximum Gasteiger partial charge on any atom is 0.339 e. The first-order chi connectivity index (χ1) is 6.65. The van der Waals surface area contributed by atoms with Crippen molar-refractivity contribution in [2.45, 2.75) is 20.3 Å². The van der Waals surface area contributed by atoms with Gasteiger partial charge in [0.25, 0.3) is 0 Å². The number of rotatable bonds is 3. The van der Waals surface area contributed by atoms with Crippen molar-refractivity contribution in [1.29, 1.82) is 0 Å². The zero-order chi connectivity index (χ0) is 10.6. The first-order valence-corrected chi connectivity index (χ1v) is 5.37. The van der Waals surface area contributed by atoms with E-state index in [1.54, 1.807) is 0 Å². The molecule has 0 bridgehead atoms. The van der Waals surface area contributed by atoms with Crippen molar-refractivity contribution in [1.82, 2.24) is 0 Å². The Morgan fingerprint density at radius 2 is 2.21 bits per heavy atom. The standard InChI is InChI=1S/C11H13BrO2/c1-3-6-14-11(13)9-7-8(2)4-5-10(9)12/h4-5,7H,3,6H2,1-2H3. The van der Waals surface area contributed by atoms with E-state index in [9.17, 15) is 4.79 Å². The molecule has 1 aromatic rings. The van der Waals surface area contributed by atoms with Crippen LogP contribution in [0.2, 0.25) is 0 Å². The van der Waals surface area contributed by atoms with Crippen LogP contribution in [0.3, 0.4) is 0 Å². The highest BCUT2D eigenvalue weighted by molar-refractivity contribution is 9.10. The average molecular weight is 257 g/mol. The Kier molecular flexibility index (Phi) is 4.14. The van der Waals surface area contributed by atoms with Gasteiger partial charge in [-0.05, 0) is 41.4 Å². The summed E-state index contributed by atoms with van der Waals surface area (Å²) in [4.78, 5) is 11.5. The molecule has 0 fully saturated rings. The SMILES string of the molecule is CCCOC(=O)c1cc(C)ccc1Br. The first-order valence-electron chi connectivity index (χ1n) is 4.58. The monoisotopic (exact) mass is 256 g/mol. The minimum Gasteiger partial charge on any atom is -0.462 e. The lowest BCUT2D eigenvalue weighted by molar-refractivity contribution is 0.0504. The molecule has 0 atom stereocenters. The molecule has 3 heteroatoms. The number of benzene rings is 1. The average Bonchev–Trinajstić information content (AvgIpc) is 2.18. The van der Waals surface area contributed by atoms with Crippen LogP contribution in [0, 0.1) is 6.92 Å². The van der Waals surface area contributed by atoms with E-state index in [0.29, 0.717) is 12.2 Å². The van der Waals surface area contributed by atoms with Gasteiger partial charge >= 0.3 is 5.97 Å². The molecule has 0 saturated heterocycles. The van der Waals surface area contributed by atoms with Crippen LogP contribution in [0.4, 0.5) is 0 Å². The van der Waals surface area contributed by atoms with E-state index < -0.39 is 0 Å². The Morgan fingerprint density at radius 1 is 1.50 bits per heavy atom. The molecule has 1 rings (SSSR count). The number of carbonyl (C=O) groups is 1. The van der Waals surface area contributed by atoms with Crippen LogP contribution >= 0.6 is 15.9 Å². The second-order valence-corrected chi connectivity index (χ2v) is 3.97. The van der Waals surface area contributed by atoms with Crippen molar-refractivity contribution in [3.63, 3.8) is 0 Å². The molecule has 76 valence electrons. The van der Waals surface area contributed by atoms with Gasteiger partial charge in [-0.3, -0.25) is 0 Å². The number of esters is 1. The number of hydrogen-bond donors (Lipinski definition) is 0. The van der Waals surface area contributed by atoms with E-state index in [4.69, 9.17) is 4.74 Å². The van der Waals surface area contributed by atoms with Crippen LogP contribution in [0.5, 0.6) is 0 Å². The van der Waals surface area contributed by atoms with Gasteiger partial charge in [-0.25, -0.2) is 4.79 Å². The topological polar surface area (TPSA) is 26.3 Å². The van der Waals surface area contributed by atoms with E-state index >= 15 is 0 Å². The predicted octanol–water partition coefficient (Wildman–Crippen LogP) is 3.32. The van der Waals surface area contributed by atoms with Crippen molar-refractivity contribution in [2.75, 3.05) is 6.61 Å². The maximum absolute atomic E-state index is 11.5. The second kappa shape index (κ2) is 5.15.